The molecule has 3 rings (SSSR count). The maximum Gasteiger partial charge on any atom is 0.325 e. The van der Waals surface area contributed by atoms with E-state index in [2.05, 4.69) is 10.6 Å². The molecule has 2 N–H and O–H groups in total. The highest BCUT2D eigenvalue weighted by Crippen LogP contribution is 2.32. The van der Waals surface area contributed by atoms with E-state index in [-0.39, 0.29) is 18.4 Å². The number of nitrogens with one attached hydrogen (secondary N) is 2. The van der Waals surface area contributed by atoms with E-state index in [0.29, 0.717) is 18.5 Å². The zero-order valence-electron chi connectivity index (χ0n) is 14.9. The van der Waals surface area contributed by atoms with Gasteiger partial charge >= 0.3 is 6.03 Å². The minimum atomic E-state index is -0.798. The first-order valence-corrected chi connectivity index (χ1v) is 8.92. The van der Waals surface area contributed by atoms with Crippen LogP contribution < -0.4 is 10.6 Å². The van der Waals surface area contributed by atoms with Gasteiger partial charge in [-0.3, -0.25) is 14.5 Å². The van der Waals surface area contributed by atoms with Gasteiger partial charge in [-0.1, -0.05) is 43.4 Å². The second kappa shape index (κ2) is 6.86. The fraction of sp³-hybridized carbons (Fsp3) is 0.526. The molecule has 0 atom stereocenters. The molecule has 0 radical (unpaired) electrons. The molecule has 2 fully saturated rings. The molecule has 0 unspecified atom stereocenters. The predicted octanol–water partition coefficient (Wildman–Crippen LogP) is 2.89. The molecule has 1 aliphatic heterocycles. The summed E-state index contributed by atoms with van der Waals surface area (Å²) >= 11 is 0. The molecule has 6 nitrogen and oxygen atoms in total. The van der Waals surface area contributed by atoms with Gasteiger partial charge in [-0.15, -0.1) is 0 Å². The fourth-order valence-corrected chi connectivity index (χ4v) is 3.78. The first-order chi connectivity index (χ1) is 11.9. The van der Waals surface area contributed by atoms with Crippen LogP contribution in [0.5, 0.6) is 0 Å². The summed E-state index contributed by atoms with van der Waals surface area (Å²) < 4.78 is 0. The van der Waals surface area contributed by atoms with Crippen molar-refractivity contribution in [3.05, 3.63) is 29.3 Å². The molecule has 134 valence electrons. The fourth-order valence-electron chi connectivity index (χ4n) is 3.78. The summed E-state index contributed by atoms with van der Waals surface area (Å²) in [4.78, 5) is 38.5. The van der Waals surface area contributed by atoms with Gasteiger partial charge in [0.1, 0.15) is 12.1 Å². The first-order valence-electron chi connectivity index (χ1n) is 8.92. The van der Waals surface area contributed by atoms with E-state index in [1.165, 1.54) is 0 Å². The third-order valence-electron chi connectivity index (χ3n) is 5.16. The normalized spacial score (nSPS) is 19.7. The van der Waals surface area contributed by atoms with Gasteiger partial charge in [-0.05, 0) is 38.3 Å². The highest BCUT2D eigenvalue weighted by molar-refractivity contribution is 6.10. The monoisotopic (exact) mass is 343 g/mol. The topological polar surface area (TPSA) is 78.5 Å². The molecule has 1 aromatic carbocycles. The highest BCUT2D eigenvalue weighted by atomic mass is 16.2. The van der Waals surface area contributed by atoms with Gasteiger partial charge in [-0.2, -0.15) is 0 Å². The van der Waals surface area contributed by atoms with Gasteiger partial charge in [0.2, 0.25) is 5.91 Å². The van der Waals surface area contributed by atoms with Crippen LogP contribution in [-0.4, -0.2) is 34.8 Å². The zero-order chi connectivity index (χ0) is 18.0. The summed E-state index contributed by atoms with van der Waals surface area (Å²) in [5.74, 6) is -0.615. The molecule has 1 spiro atoms. The number of nitrogens with zero attached hydrogens (tertiary/aromatic N) is 1. The number of rotatable bonds is 3. The van der Waals surface area contributed by atoms with Crippen LogP contribution in [-0.2, 0) is 9.59 Å². The van der Waals surface area contributed by atoms with Crippen LogP contribution in [0.4, 0.5) is 10.5 Å². The van der Waals surface area contributed by atoms with E-state index in [1.54, 1.807) is 0 Å². The van der Waals surface area contributed by atoms with Crippen LogP contribution in [0.2, 0.25) is 0 Å². The smallest absolute Gasteiger partial charge is 0.324 e. The first kappa shape index (κ1) is 17.5. The second-order valence-corrected chi connectivity index (χ2v) is 7.18. The Kier molecular flexibility index (Phi) is 4.79. The van der Waals surface area contributed by atoms with Crippen molar-refractivity contribution >= 4 is 23.5 Å². The van der Waals surface area contributed by atoms with Gasteiger partial charge < -0.3 is 10.6 Å². The minimum Gasteiger partial charge on any atom is -0.324 e. The van der Waals surface area contributed by atoms with E-state index in [9.17, 15) is 14.4 Å². The standard InChI is InChI=1S/C19H25N3O3/c1-13-7-8-15(14(2)11-13)20-16(23)12-22-17(24)19(21-18(22)25)9-5-3-4-6-10-19/h7-8,11H,3-6,9-10,12H2,1-2H3,(H,20,23)(H,21,25). The van der Waals surface area contributed by atoms with Crippen molar-refractivity contribution in [2.45, 2.75) is 57.9 Å². The van der Waals surface area contributed by atoms with Crippen molar-refractivity contribution in [2.24, 2.45) is 0 Å². The van der Waals surface area contributed by atoms with Crippen molar-refractivity contribution in [1.82, 2.24) is 10.2 Å². The van der Waals surface area contributed by atoms with Crippen LogP contribution >= 0.6 is 0 Å². The van der Waals surface area contributed by atoms with Gasteiger partial charge in [-0.25, -0.2) is 4.79 Å². The van der Waals surface area contributed by atoms with E-state index in [1.807, 2.05) is 32.0 Å². The Morgan fingerprint density at radius 3 is 2.48 bits per heavy atom. The van der Waals surface area contributed by atoms with Gasteiger partial charge in [0.05, 0.1) is 0 Å². The summed E-state index contributed by atoms with van der Waals surface area (Å²) in [6.07, 6.45) is 5.33. The summed E-state index contributed by atoms with van der Waals surface area (Å²) in [6, 6.07) is 5.27. The Hall–Kier alpha value is -2.37. The number of anilines is 1. The van der Waals surface area contributed by atoms with Crippen molar-refractivity contribution in [2.75, 3.05) is 11.9 Å². The van der Waals surface area contributed by atoms with Crippen LogP contribution in [0.25, 0.3) is 0 Å². The molecule has 6 heteroatoms. The molecule has 1 saturated heterocycles. The maximum absolute atomic E-state index is 12.8. The van der Waals surface area contributed by atoms with Crippen LogP contribution in [0.3, 0.4) is 0 Å². The lowest BCUT2D eigenvalue weighted by Gasteiger charge is -2.24. The zero-order valence-corrected chi connectivity index (χ0v) is 14.9. The van der Waals surface area contributed by atoms with Gasteiger partial charge in [0.25, 0.3) is 5.91 Å². The molecular weight excluding hydrogens is 318 g/mol. The number of hydrogen-bond donors (Lipinski definition) is 2. The third-order valence-corrected chi connectivity index (χ3v) is 5.16. The molecule has 1 aliphatic carbocycles. The molecule has 0 bridgehead atoms. The number of imide groups is 1. The number of carbonyl (C=O) groups is 3. The molecule has 1 heterocycles. The minimum absolute atomic E-state index is 0.250. The van der Waals surface area contributed by atoms with Crippen LogP contribution in [0, 0.1) is 13.8 Å². The number of benzene rings is 1. The number of carbonyl (C=O) groups excluding carboxylic acids is 3. The lowest BCUT2D eigenvalue weighted by atomic mass is 9.90. The largest absolute Gasteiger partial charge is 0.325 e. The second-order valence-electron chi connectivity index (χ2n) is 7.18. The summed E-state index contributed by atoms with van der Waals surface area (Å²) in [7, 11) is 0. The van der Waals surface area contributed by atoms with Gasteiger partial charge in [0, 0.05) is 5.69 Å². The van der Waals surface area contributed by atoms with Crippen molar-refractivity contribution in [3.63, 3.8) is 0 Å². The Labute approximate surface area is 148 Å². The Morgan fingerprint density at radius 2 is 1.84 bits per heavy atom. The molecule has 0 aromatic heterocycles. The Morgan fingerprint density at radius 1 is 1.16 bits per heavy atom. The van der Waals surface area contributed by atoms with Crippen LogP contribution in [0.15, 0.2) is 18.2 Å². The number of amides is 4. The van der Waals surface area contributed by atoms with Crippen molar-refractivity contribution < 1.29 is 14.4 Å². The molecule has 2 aliphatic rings. The number of urea groups is 1. The van der Waals surface area contributed by atoms with Crippen molar-refractivity contribution in [1.29, 1.82) is 0 Å². The molecule has 1 saturated carbocycles. The third kappa shape index (κ3) is 3.52. The number of hydrogen-bond acceptors (Lipinski definition) is 3. The lowest BCUT2D eigenvalue weighted by molar-refractivity contribution is -0.134. The molecule has 4 amide bonds. The predicted molar refractivity (Wildman–Crippen MR) is 95.2 cm³/mol. The average Bonchev–Trinajstić information content (AvgIpc) is 2.73. The van der Waals surface area contributed by atoms with Crippen molar-refractivity contribution in [3.8, 4) is 0 Å². The summed E-state index contributed by atoms with van der Waals surface area (Å²) in [5.41, 5.74) is 1.96. The highest BCUT2D eigenvalue weighted by Gasteiger charge is 2.51. The Bertz CT molecular complexity index is 706. The van der Waals surface area contributed by atoms with Gasteiger partial charge in [0.15, 0.2) is 0 Å². The average molecular weight is 343 g/mol. The summed E-state index contributed by atoms with van der Waals surface area (Å²) in [5, 5.41) is 5.65. The lowest BCUT2D eigenvalue weighted by Crippen LogP contribution is -2.47. The SMILES string of the molecule is Cc1ccc(NC(=O)CN2C(=O)NC3(CCCCCC3)C2=O)c(C)c1. The van der Waals surface area contributed by atoms with E-state index >= 15 is 0 Å². The molecular formula is C19H25N3O3. The summed E-state index contributed by atoms with van der Waals surface area (Å²) in [6.45, 7) is 3.65. The van der Waals surface area contributed by atoms with Crippen LogP contribution in [0.1, 0.15) is 49.7 Å². The molecule has 1 aromatic rings. The number of aryl methyl sites for hydroxylation is 2. The quantitative estimate of drug-likeness (QED) is 0.828. The molecule has 25 heavy (non-hydrogen) atoms. The van der Waals surface area contributed by atoms with E-state index < -0.39 is 11.6 Å². The maximum atomic E-state index is 12.8. The van der Waals surface area contributed by atoms with E-state index in [0.717, 1.165) is 41.7 Å². The Balaban J connectivity index is 1.68. The van der Waals surface area contributed by atoms with E-state index in [4.69, 9.17) is 0 Å².